The third-order valence-electron chi connectivity index (χ3n) is 14.0. The van der Waals surface area contributed by atoms with Gasteiger partial charge in [-0.05, 0) is 91.8 Å². The number of likely N-dealkylation sites (tertiary alicyclic amines) is 1. The number of fused-ring (bicyclic) bond motifs is 6. The number of carbonyl (C=O) groups excluding carboxylic acids is 5. The topological polar surface area (TPSA) is 164 Å². The molecule has 3 fully saturated rings. The maximum Gasteiger partial charge on any atom is 0.259 e. The number of aromatic nitrogens is 1. The van der Waals surface area contributed by atoms with Crippen molar-refractivity contribution in [3.05, 3.63) is 90.3 Å². The van der Waals surface area contributed by atoms with Crippen LogP contribution in [0.5, 0.6) is 0 Å². The van der Waals surface area contributed by atoms with Gasteiger partial charge >= 0.3 is 0 Å². The molecule has 2 N–H and O–H groups in total. The van der Waals surface area contributed by atoms with Crippen LogP contribution >= 0.6 is 0 Å². The number of hydrazine groups is 1. The Morgan fingerprint density at radius 1 is 1.04 bits per heavy atom. The fraction of sp³-hybridized carbons (Fsp3) is 0.509. The molecule has 4 aliphatic rings. The van der Waals surface area contributed by atoms with E-state index in [0.717, 1.165) is 56.4 Å². The molecule has 5 atom stereocenters. The Labute approximate surface area is 400 Å². The molecule has 5 heterocycles. The number of nitrogens with one attached hydrogen (secondary N) is 2. The van der Waals surface area contributed by atoms with Crippen molar-refractivity contribution >= 4 is 52.6 Å². The zero-order valence-corrected chi connectivity index (χ0v) is 41.1. The molecule has 7 rings (SSSR count). The molecule has 2 aromatic carbocycles. The zero-order valence-electron chi connectivity index (χ0n) is 41.1. The van der Waals surface area contributed by atoms with E-state index in [4.69, 9.17) is 19.2 Å². The van der Waals surface area contributed by atoms with Crippen LogP contribution in [0.15, 0.2) is 78.5 Å². The molecule has 1 aromatic heterocycles. The van der Waals surface area contributed by atoms with E-state index in [-0.39, 0.29) is 50.1 Å². The van der Waals surface area contributed by atoms with Crippen molar-refractivity contribution in [2.45, 2.75) is 116 Å². The van der Waals surface area contributed by atoms with E-state index in [1.807, 2.05) is 58.0 Å². The number of ether oxygens (including phenoxy) is 3. The summed E-state index contributed by atoms with van der Waals surface area (Å²) >= 11 is 0. The summed E-state index contributed by atoms with van der Waals surface area (Å²) in [5.74, 6) is -1.97. The second kappa shape index (κ2) is 20.5. The molecule has 3 aromatic rings. The Hall–Kier alpha value is -5.74. The number of rotatable bonds is 12. The largest absolute Gasteiger partial charge is 0.378 e. The lowest BCUT2D eigenvalue weighted by atomic mass is 9.83. The van der Waals surface area contributed by atoms with Gasteiger partial charge in [-0.3, -0.25) is 29.2 Å². The van der Waals surface area contributed by atoms with Gasteiger partial charge in [0.2, 0.25) is 11.8 Å². The first-order chi connectivity index (χ1) is 32.5. The second-order valence-electron chi connectivity index (χ2n) is 19.8. The van der Waals surface area contributed by atoms with Gasteiger partial charge in [0.15, 0.2) is 5.60 Å². The zero-order chi connectivity index (χ0) is 49.1. The summed E-state index contributed by atoms with van der Waals surface area (Å²) in [4.78, 5) is 77.2. The number of methoxy groups -OCH3 is 1. The van der Waals surface area contributed by atoms with Crippen LogP contribution in [-0.2, 0) is 57.6 Å². The molecule has 0 aliphatic carbocycles. The Kier molecular flexibility index (Phi) is 15.1. The summed E-state index contributed by atoms with van der Waals surface area (Å²) in [5, 5.41) is 5.58. The number of allylic oxidation sites excluding steroid dienone is 2. The van der Waals surface area contributed by atoms with Gasteiger partial charge in [0.1, 0.15) is 30.6 Å². The van der Waals surface area contributed by atoms with Crippen LogP contribution in [0.2, 0.25) is 0 Å². The van der Waals surface area contributed by atoms with Gasteiger partial charge in [0.25, 0.3) is 11.8 Å². The van der Waals surface area contributed by atoms with Crippen molar-refractivity contribution in [2.75, 3.05) is 46.7 Å². The molecule has 4 amide bonds. The van der Waals surface area contributed by atoms with E-state index in [1.165, 1.54) is 20.9 Å². The number of aldehydes is 1. The van der Waals surface area contributed by atoms with Crippen LogP contribution < -0.4 is 10.7 Å². The normalized spacial score (nSPS) is 24.6. The molecule has 6 bridgehead atoms. The van der Waals surface area contributed by atoms with Gasteiger partial charge in [0, 0.05) is 62.3 Å². The fourth-order valence-corrected chi connectivity index (χ4v) is 10.5. The van der Waals surface area contributed by atoms with Gasteiger partial charge < -0.3 is 38.7 Å². The van der Waals surface area contributed by atoms with Gasteiger partial charge in [-0.15, -0.1) is 0 Å². The number of hydrogen-bond donors (Lipinski definition) is 2. The summed E-state index contributed by atoms with van der Waals surface area (Å²) in [5.41, 5.74) is 7.84. The van der Waals surface area contributed by atoms with E-state index in [1.54, 1.807) is 13.3 Å². The van der Waals surface area contributed by atoms with Gasteiger partial charge in [0.05, 0.1) is 37.3 Å². The first-order valence-corrected chi connectivity index (χ1v) is 23.9. The Balaban J connectivity index is 1.32. The summed E-state index contributed by atoms with van der Waals surface area (Å²) in [6, 6.07) is 12.4. The van der Waals surface area contributed by atoms with Crippen molar-refractivity contribution in [2.24, 2.45) is 16.3 Å². The Morgan fingerprint density at radius 2 is 1.81 bits per heavy atom. The molecule has 364 valence electrons. The number of aryl methyl sites for hydroxylation is 1. The molecule has 15 heteroatoms. The summed E-state index contributed by atoms with van der Waals surface area (Å²) < 4.78 is 20.8. The maximum atomic E-state index is 14.9. The predicted octanol–water partition coefficient (Wildman–Crippen LogP) is 6.04. The smallest absolute Gasteiger partial charge is 0.259 e. The summed E-state index contributed by atoms with van der Waals surface area (Å²) in [6.07, 6.45) is 7.35. The molecular formula is C53H69N7O8. The van der Waals surface area contributed by atoms with Crippen LogP contribution in [-0.4, -0.2) is 132 Å². The SMILES string of the molecule is C=CC(=O)N1CC[C@]2(C1)OCN([C@H](C(=O)N[C@H]1Cc3cccc(c3)-c3ccc4c(c3)c(c(/C(C=C)=C(/N=CC)[C@H](C)OC)n4CC)CC(C)(C)COC[C@@]3(C=O)CCCN(N3)C1=O)C(C)C)C2=O. The van der Waals surface area contributed by atoms with E-state index in [9.17, 15) is 24.0 Å². The van der Waals surface area contributed by atoms with Crippen LogP contribution in [0.3, 0.4) is 0 Å². The highest BCUT2D eigenvalue weighted by atomic mass is 16.5. The number of carbonyl (C=O) groups is 5. The summed E-state index contributed by atoms with van der Waals surface area (Å²) in [6.45, 7) is 23.4. The Bertz CT molecular complexity index is 2520. The van der Waals surface area contributed by atoms with Crippen molar-refractivity contribution in [3.63, 3.8) is 0 Å². The average molecular weight is 932 g/mol. The van der Waals surface area contributed by atoms with E-state index >= 15 is 0 Å². The van der Waals surface area contributed by atoms with Crippen LogP contribution in [0, 0.1) is 11.3 Å². The van der Waals surface area contributed by atoms with Gasteiger partial charge in [-0.2, -0.15) is 0 Å². The van der Waals surface area contributed by atoms with Crippen LogP contribution in [0.25, 0.3) is 27.6 Å². The van der Waals surface area contributed by atoms with Crippen molar-refractivity contribution < 1.29 is 38.2 Å². The highest BCUT2D eigenvalue weighted by Crippen LogP contribution is 2.41. The van der Waals surface area contributed by atoms with E-state index in [0.29, 0.717) is 51.9 Å². The van der Waals surface area contributed by atoms with E-state index < -0.39 is 40.5 Å². The number of benzene rings is 2. The molecule has 0 saturated carbocycles. The molecule has 68 heavy (non-hydrogen) atoms. The number of hydrogen-bond acceptors (Lipinski definition) is 10. The number of amides is 4. The highest BCUT2D eigenvalue weighted by Gasteiger charge is 2.56. The van der Waals surface area contributed by atoms with Crippen molar-refractivity contribution in [1.82, 2.24) is 30.1 Å². The monoisotopic (exact) mass is 932 g/mol. The first kappa shape index (κ1) is 50.1. The molecule has 0 unspecified atom stereocenters. The number of nitrogens with zero attached hydrogens (tertiary/aromatic N) is 5. The second-order valence-corrected chi connectivity index (χ2v) is 19.8. The minimum atomic E-state index is -1.26. The lowest BCUT2D eigenvalue weighted by Crippen LogP contribution is -2.66. The molecule has 1 spiro atoms. The summed E-state index contributed by atoms with van der Waals surface area (Å²) in [7, 11) is 1.68. The number of aliphatic imine (C=N–C) groups is 1. The quantitative estimate of drug-likeness (QED) is 0.0955. The average Bonchev–Trinajstić information content (AvgIpc) is 4.00. The third-order valence-corrected chi connectivity index (χ3v) is 14.0. The molecule has 0 radical (unpaired) electrons. The lowest BCUT2D eigenvalue weighted by molar-refractivity contribution is -0.148. The van der Waals surface area contributed by atoms with Crippen molar-refractivity contribution in [3.8, 4) is 11.1 Å². The standard InChI is InChI=1S/C53H69N7O8/c1-11-39(45(54-13-3)35(7)66-10)47-41-28-51(8,9)31-67-32-52(30-61)21-16-23-60(56-52)49(64)42(26-36-17-15-18-37(25-36)38-19-20-43(40(41)27-38)58(47)14-4)55-48(63)46(34(5)6)59-33-68-53(50(59)65)22-24-57(29-53)44(62)12-2/h11-13,15,17-20,25,27,30,34-35,42,46,56H,1-2,14,16,21-24,26,28-29,31-33H2,3-10H3,(H,55,63)/b45-39+,54-13?/t35-,42-,46-,52-,53+/m0/s1. The lowest BCUT2D eigenvalue weighted by Gasteiger charge is -2.42. The predicted molar refractivity (Wildman–Crippen MR) is 263 cm³/mol. The van der Waals surface area contributed by atoms with Crippen LogP contribution in [0.4, 0.5) is 0 Å². The molecular weight excluding hydrogens is 863 g/mol. The molecule has 15 nitrogen and oxygen atoms in total. The van der Waals surface area contributed by atoms with E-state index in [2.05, 4.69) is 67.4 Å². The van der Waals surface area contributed by atoms with Gasteiger partial charge in [-0.25, -0.2) is 5.43 Å². The Morgan fingerprint density at radius 3 is 2.49 bits per heavy atom. The highest BCUT2D eigenvalue weighted by molar-refractivity contribution is 5.97. The maximum absolute atomic E-state index is 14.9. The molecule has 3 saturated heterocycles. The third kappa shape index (κ3) is 9.76. The first-order valence-electron chi connectivity index (χ1n) is 23.9. The van der Waals surface area contributed by atoms with Crippen LogP contribution in [0.1, 0.15) is 84.5 Å². The minimum absolute atomic E-state index is 0.0130. The minimum Gasteiger partial charge on any atom is -0.378 e. The van der Waals surface area contributed by atoms with Crippen molar-refractivity contribution in [1.29, 1.82) is 0 Å². The fourth-order valence-electron chi connectivity index (χ4n) is 10.5. The molecule has 4 aliphatic heterocycles. The van der Waals surface area contributed by atoms with Gasteiger partial charge in [-0.1, -0.05) is 77.3 Å².